The Kier molecular flexibility index (Phi) is 5.91. The summed E-state index contributed by atoms with van der Waals surface area (Å²) in [6.45, 7) is 0. The summed E-state index contributed by atoms with van der Waals surface area (Å²) in [7, 11) is 0. The Morgan fingerprint density at radius 1 is 0.354 bits per heavy atom. The van der Waals surface area contributed by atoms with E-state index < -0.39 is 0 Å². The van der Waals surface area contributed by atoms with Gasteiger partial charge in [0.25, 0.3) is 0 Å². The first-order chi connectivity index (χ1) is 23.8. The van der Waals surface area contributed by atoms with Gasteiger partial charge in [0.15, 0.2) is 0 Å². The van der Waals surface area contributed by atoms with Gasteiger partial charge in [-0.05, 0) is 85.9 Å². The van der Waals surface area contributed by atoms with E-state index in [2.05, 4.69) is 175 Å². The van der Waals surface area contributed by atoms with Crippen LogP contribution in [0.3, 0.4) is 0 Å². The number of fused-ring (bicyclic) bond motifs is 10. The van der Waals surface area contributed by atoms with Crippen LogP contribution < -0.4 is 4.90 Å². The van der Waals surface area contributed by atoms with Gasteiger partial charge in [-0.2, -0.15) is 0 Å². The fraction of sp³-hybridized carbons (Fsp3) is 0. The van der Waals surface area contributed by atoms with Crippen LogP contribution in [0.25, 0.3) is 76.2 Å². The van der Waals surface area contributed by atoms with Crippen LogP contribution in [0.4, 0.5) is 17.1 Å². The summed E-state index contributed by atoms with van der Waals surface area (Å²) in [6, 6.07) is 63.4. The van der Waals surface area contributed by atoms with Gasteiger partial charge in [0.2, 0.25) is 0 Å². The molecule has 0 unspecified atom stereocenters. The molecule has 9 aromatic carbocycles. The van der Waals surface area contributed by atoms with Gasteiger partial charge in [-0.15, -0.1) is 0 Å². The van der Waals surface area contributed by atoms with Gasteiger partial charge < -0.3 is 9.32 Å². The number of hydrogen-bond acceptors (Lipinski definition) is 2. The molecule has 0 aliphatic carbocycles. The Balaban J connectivity index is 1.29. The molecule has 0 saturated heterocycles. The van der Waals surface area contributed by atoms with Gasteiger partial charge in [-0.3, -0.25) is 0 Å². The molecule has 0 atom stereocenters. The number of nitrogens with zero attached hydrogens (tertiary/aromatic N) is 1. The third-order valence-electron chi connectivity index (χ3n) is 9.78. The van der Waals surface area contributed by atoms with Gasteiger partial charge in [-0.1, -0.05) is 133 Å². The molecule has 1 aromatic heterocycles. The monoisotopic (exact) mass is 611 g/mol. The second kappa shape index (κ2) is 10.6. The van der Waals surface area contributed by atoms with Crippen molar-refractivity contribution in [3.05, 3.63) is 176 Å². The Bertz CT molecular complexity index is 2850. The molecule has 0 bridgehead atoms. The predicted molar refractivity (Wildman–Crippen MR) is 204 cm³/mol. The molecule has 0 spiro atoms. The summed E-state index contributed by atoms with van der Waals surface area (Å²) in [5.74, 6) is 0. The van der Waals surface area contributed by atoms with E-state index in [9.17, 15) is 0 Å². The molecule has 0 aliphatic rings. The average Bonchev–Trinajstić information content (AvgIpc) is 3.55. The highest BCUT2D eigenvalue weighted by molar-refractivity contribution is 6.24. The van der Waals surface area contributed by atoms with Crippen LogP contribution in [-0.2, 0) is 0 Å². The summed E-state index contributed by atoms with van der Waals surface area (Å²) in [6.07, 6.45) is 0. The van der Waals surface area contributed by atoms with E-state index in [-0.39, 0.29) is 0 Å². The second-order valence-electron chi connectivity index (χ2n) is 12.5. The molecule has 0 aliphatic heterocycles. The molecule has 2 heteroatoms. The summed E-state index contributed by atoms with van der Waals surface area (Å²) < 4.78 is 6.54. The van der Waals surface area contributed by atoms with Gasteiger partial charge in [0, 0.05) is 32.9 Å². The molecule has 10 rings (SSSR count). The van der Waals surface area contributed by atoms with E-state index in [4.69, 9.17) is 4.42 Å². The molecule has 224 valence electrons. The number of anilines is 3. The molecule has 0 N–H and O–H groups in total. The number of furan rings is 1. The standard InChI is InChI=1S/C46H29NO/c1-2-11-30(12-3-1)33-14-10-15-35(27-33)47(36-25-23-32-24-26-41-39-18-8-9-20-44(39)48-46(41)42(32)29-36)43-28-34-22-21-31-13-4-5-16-37(31)45(34)40-19-7-6-17-38(40)43/h1-29H. The summed E-state index contributed by atoms with van der Waals surface area (Å²) in [5.41, 5.74) is 7.50. The number of rotatable bonds is 4. The molecular weight excluding hydrogens is 583 g/mol. The van der Waals surface area contributed by atoms with Gasteiger partial charge >= 0.3 is 0 Å². The van der Waals surface area contributed by atoms with E-state index >= 15 is 0 Å². The van der Waals surface area contributed by atoms with E-state index in [1.807, 2.05) is 6.07 Å². The quantitative estimate of drug-likeness (QED) is 0.184. The first-order valence-electron chi connectivity index (χ1n) is 16.4. The van der Waals surface area contributed by atoms with Crippen molar-refractivity contribution in [3.63, 3.8) is 0 Å². The van der Waals surface area contributed by atoms with Crippen molar-refractivity contribution in [1.82, 2.24) is 0 Å². The first-order valence-corrected chi connectivity index (χ1v) is 16.4. The van der Waals surface area contributed by atoms with Crippen LogP contribution in [0.1, 0.15) is 0 Å². The molecule has 0 radical (unpaired) electrons. The highest BCUT2D eigenvalue weighted by Crippen LogP contribution is 2.45. The Morgan fingerprint density at radius 3 is 1.90 bits per heavy atom. The van der Waals surface area contributed by atoms with E-state index in [0.717, 1.165) is 49.8 Å². The number of benzene rings is 9. The fourth-order valence-corrected chi connectivity index (χ4v) is 7.56. The van der Waals surface area contributed by atoms with Gasteiger partial charge in [0.05, 0.1) is 5.69 Å². The molecule has 0 fully saturated rings. The Morgan fingerprint density at radius 2 is 1.00 bits per heavy atom. The van der Waals surface area contributed by atoms with Crippen molar-refractivity contribution in [2.24, 2.45) is 0 Å². The van der Waals surface area contributed by atoms with Crippen LogP contribution in [0.5, 0.6) is 0 Å². The lowest BCUT2D eigenvalue weighted by molar-refractivity contribution is 0.672. The van der Waals surface area contributed by atoms with Gasteiger partial charge in [-0.25, -0.2) is 0 Å². The molecule has 48 heavy (non-hydrogen) atoms. The predicted octanol–water partition coefficient (Wildman–Crippen LogP) is 13.3. The molecule has 2 nitrogen and oxygen atoms in total. The SMILES string of the molecule is c1ccc(-c2cccc(N(c3ccc4ccc5c6ccccc6oc5c4c3)c3cc4ccc5ccccc5c4c4ccccc34)c2)cc1. The van der Waals surface area contributed by atoms with Crippen LogP contribution >= 0.6 is 0 Å². The Labute approximate surface area is 277 Å². The largest absolute Gasteiger partial charge is 0.455 e. The van der Waals surface area contributed by atoms with Crippen molar-refractivity contribution >= 4 is 82.1 Å². The topological polar surface area (TPSA) is 16.4 Å². The van der Waals surface area contributed by atoms with Crippen LogP contribution in [0.2, 0.25) is 0 Å². The highest BCUT2D eigenvalue weighted by Gasteiger charge is 2.20. The molecule has 10 aromatic rings. The zero-order valence-corrected chi connectivity index (χ0v) is 26.1. The molecule has 0 amide bonds. The van der Waals surface area contributed by atoms with Crippen molar-refractivity contribution in [2.75, 3.05) is 4.90 Å². The van der Waals surface area contributed by atoms with Crippen molar-refractivity contribution in [3.8, 4) is 11.1 Å². The molecule has 0 saturated carbocycles. The molecular formula is C46H29NO. The normalized spacial score (nSPS) is 11.8. The minimum Gasteiger partial charge on any atom is -0.455 e. The van der Waals surface area contributed by atoms with Crippen molar-refractivity contribution in [1.29, 1.82) is 0 Å². The fourth-order valence-electron chi connectivity index (χ4n) is 7.56. The lowest BCUT2D eigenvalue weighted by atomic mass is 9.94. The smallest absolute Gasteiger partial charge is 0.143 e. The first kappa shape index (κ1) is 26.8. The van der Waals surface area contributed by atoms with Crippen molar-refractivity contribution < 1.29 is 4.42 Å². The van der Waals surface area contributed by atoms with Gasteiger partial charge in [0.1, 0.15) is 11.2 Å². The minimum absolute atomic E-state index is 0.908. The van der Waals surface area contributed by atoms with E-state index in [1.165, 1.54) is 43.4 Å². The average molecular weight is 612 g/mol. The molecule has 1 heterocycles. The summed E-state index contributed by atoms with van der Waals surface area (Å²) in [5, 5.41) is 12.0. The third kappa shape index (κ3) is 4.13. The van der Waals surface area contributed by atoms with Crippen LogP contribution in [-0.4, -0.2) is 0 Å². The highest BCUT2D eigenvalue weighted by atomic mass is 16.3. The third-order valence-corrected chi connectivity index (χ3v) is 9.78. The number of para-hydroxylation sites is 1. The zero-order chi connectivity index (χ0) is 31.6. The lowest BCUT2D eigenvalue weighted by Crippen LogP contribution is -2.11. The van der Waals surface area contributed by atoms with E-state index in [1.54, 1.807) is 0 Å². The summed E-state index contributed by atoms with van der Waals surface area (Å²) >= 11 is 0. The lowest BCUT2D eigenvalue weighted by Gasteiger charge is -2.28. The number of hydrogen-bond donors (Lipinski definition) is 0. The van der Waals surface area contributed by atoms with E-state index in [0.29, 0.717) is 0 Å². The maximum Gasteiger partial charge on any atom is 0.143 e. The minimum atomic E-state index is 0.908. The maximum atomic E-state index is 6.54. The summed E-state index contributed by atoms with van der Waals surface area (Å²) in [4.78, 5) is 2.42. The van der Waals surface area contributed by atoms with Crippen LogP contribution in [0.15, 0.2) is 180 Å². The Hall–Kier alpha value is -6.38. The maximum absolute atomic E-state index is 6.54. The zero-order valence-electron chi connectivity index (χ0n) is 26.1. The second-order valence-corrected chi connectivity index (χ2v) is 12.5. The van der Waals surface area contributed by atoms with Crippen LogP contribution in [0, 0.1) is 0 Å². The van der Waals surface area contributed by atoms with Crippen molar-refractivity contribution in [2.45, 2.75) is 0 Å².